The van der Waals surface area contributed by atoms with Gasteiger partial charge in [0.15, 0.2) is 0 Å². The number of fused-ring (bicyclic) bond motifs is 1. The summed E-state index contributed by atoms with van der Waals surface area (Å²) >= 11 is 3.44. The number of nitrogens with zero attached hydrogens (tertiary/aromatic N) is 1. The molecule has 0 saturated heterocycles. The molecule has 0 unspecified atom stereocenters. The summed E-state index contributed by atoms with van der Waals surface area (Å²) in [7, 11) is 1.87. The molecule has 6 heteroatoms. The number of hydrogen-bond acceptors (Lipinski definition) is 2. The lowest BCUT2D eigenvalue weighted by Crippen LogP contribution is -2.24. The Labute approximate surface area is 147 Å². The Morgan fingerprint density at radius 3 is 2.50 bits per heavy atom. The predicted molar refractivity (Wildman–Crippen MR) is 96.7 cm³/mol. The van der Waals surface area contributed by atoms with Crippen LogP contribution in [0.3, 0.4) is 0 Å². The Balaban J connectivity index is 1.75. The number of hydrogen-bond donors (Lipinski definition) is 2. The summed E-state index contributed by atoms with van der Waals surface area (Å²) in [5, 5.41) is 3.90. The van der Waals surface area contributed by atoms with Crippen LogP contribution in [-0.2, 0) is 13.6 Å². The number of nitrogens with two attached hydrogens (primary N) is 1. The fourth-order valence-electron chi connectivity index (χ4n) is 2.58. The number of nitrogens with one attached hydrogen (secondary N) is 1. The maximum Gasteiger partial charge on any atom is 0.268 e. The molecule has 0 spiro atoms. The molecule has 0 saturated carbocycles. The first-order valence-corrected chi connectivity index (χ1v) is 8.17. The molecule has 0 bridgehead atoms. The molecule has 1 aromatic heterocycles. The first-order valence-electron chi connectivity index (χ1n) is 7.37. The van der Waals surface area contributed by atoms with Crippen molar-refractivity contribution < 1.29 is 9.59 Å². The molecule has 122 valence electrons. The van der Waals surface area contributed by atoms with Crippen LogP contribution in [-0.4, -0.2) is 16.4 Å². The fourth-order valence-corrected chi connectivity index (χ4v) is 2.93. The number of primary amides is 1. The van der Waals surface area contributed by atoms with Gasteiger partial charge in [-0.15, -0.1) is 0 Å². The van der Waals surface area contributed by atoms with Crippen molar-refractivity contribution in [3.63, 3.8) is 0 Å². The topological polar surface area (TPSA) is 77.1 Å². The minimum Gasteiger partial charge on any atom is -0.366 e. The van der Waals surface area contributed by atoms with E-state index >= 15 is 0 Å². The monoisotopic (exact) mass is 385 g/mol. The maximum atomic E-state index is 12.5. The zero-order chi connectivity index (χ0) is 17.3. The van der Waals surface area contributed by atoms with Gasteiger partial charge < -0.3 is 15.6 Å². The van der Waals surface area contributed by atoms with E-state index in [4.69, 9.17) is 5.73 Å². The summed E-state index contributed by atoms with van der Waals surface area (Å²) in [6.07, 6.45) is 0. The van der Waals surface area contributed by atoms with Gasteiger partial charge in [-0.25, -0.2) is 0 Å². The zero-order valence-electron chi connectivity index (χ0n) is 13.0. The van der Waals surface area contributed by atoms with Crippen molar-refractivity contribution in [2.75, 3.05) is 0 Å². The van der Waals surface area contributed by atoms with Gasteiger partial charge in [-0.1, -0.05) is 34.1 Å². The lowest BCUT2D eigenvalue weighted by atomic mass is 10.1. The van der Waals surface area contributed by atoms with E-state index in [0.29, 0.717) is 17.8 Å². The van der Waals surface area contributed by atoms with Gasteiger partial charge in [0.1, 0.15) is 5.69 Å². The highest BCUT2D eigenvalue weighted by Crippen LogP contribution is 2.22. The summed E-state index contributed by atoms with van der Waals surface area (Å²) < 4.78 is 2.84. The molecule has 0 fully saturated rings. The van der Waals surface area contributed by atoms with E-state index in [-0.39, 0.29) is 5.91 Å². The Bertz CT molecular complexity index is 929. The van der Waals surface area contributed by atoms with Crippen LogP contribution < -0.4 is 11.1 Å². The second-order valence-corrected chi connectivity index (χ2v) is 6.45. The highest BCUT2D eigenvalue weighted by Gasteiger charge is 2.13. The molecule has 3 aromatic rings. The Hall–Kier alpha value is -2.60. The van der Waals surface area contributed by atoms with Gasteiger partial charge in [-0.2, -0.15) is 0 Å². The molecule has 0 radical (unpaired) electrons. The standard InChI is InChI=1S/C18H16BrN3O2/c1-22-15-9-14(19)7-6-13(15)8-16(22)18(24)21-10-11-2-4-12(5-3-11)17(20)23/h2-9H,10H2,1H3,(H2,20,23)(H,21,24). The van der Waals surface area contributed by atoms with Crippen LogP contribution in [0.2, 0.25) is 0 Å². The number of amides is 2. The largest absolute Gasteiger partial charge is 0.366 e. The second kappa shape index (κ2) is 6.49. The van der Waals surface area contributed by atoms with Crippen LogP contribution in [0.1, 0.15) is 26.4 Å². The van der Waals surface area contributed by atoms with Gasteiger partial charge in [-0.3, -0.25) is 9.59 Å². The number of aromatic nitrogens is 1. The van der Waals surface area contributed by atoms with Crippen molar-refractivity contribution in [2.24, 2.45) is 12.8 Å². The maximum absolute atomic E-state index is 12.5. The summed E-state index contributed by atoms with van der Waals surface area (Å²) in [5.41, 5.74) is 8.14. The van der Waals surface area contributed by atoms with Gasteiger partial charge in [-0.05, 0) is 35.9 Å². The van der Waals surface area contributed by atoms with Crippen LogP contribution in [0.25, 0.3) is 10.9 Å². The van der Waals surface area contributed by atoms with Crippen molar-refractivity contribution >= 4 is 38.6 Å². The SMILES string of the molecule is Cn1c(C(=O)NCc2ccc(C(N)=O)cc2)cc2ccc(Br)cc21. The molecule has 5 nitrogen and oxygen atoms in total. The Kier molecular flexibility index (Phi) is 4.40. The van der Waals surface area contributed by atoms with Crippen LogP contribution in [0.15, 0.2) is 53.0 Å². The minimum atomic E-state index is -0.466. The molecule has 24 heavy (non-hydrogen) atoms. The first-order chi connectivity index (χ1) is 11.5. The van der Waals surface area contributed by atoms with Crippen LogP contribution >= 0.6 is 15.9 Å². The average molecular weight is 386 g/mol. The number of carbonyl (C=O) groups is 2. The number of halogens is 1. The van der Waals surface area contributed by atoms with E-state index in [2.05, 4.69) is 21.2 Å². The molecule has 0 aliphatic heterocycles. The van der Waals surface area contributed by atoms with Crippen molar-refractivity contribution in [3.8, 4) is 0 Å². The molecule has 3 rings (SSSR count). The first kappa shape index (κ1) is 16.3. The second-order valence-electron chi connectivity index (χ2n) is 5.54. The van der Waals surface area contributed by atoms with Gasteiger partial charge in [0.05, 0.1) is 0 Å². The number of aryl methyl sites for hydroxylation is 1. The summed E-state index contributed by atoms with van der Waals surface area (Å²) in [6.45, 7) is 0.378. The lowest BCUT2D eigenvalue weighted by molar-refractivity contribution is 0.0941. The van der Waals surface area contributed by atoms with E-state index in [0.717, 1.165) is 20.9 Å². The summed E-state index contributed by atoms with van der Waals surface area (Å²) in [4.78, 5) is 23.5. The van der Waals surface area contributed by atoms with Crippen LogP contribution in [0.5, 0.6) is 0 Å². The molecule has 1 heterocycles. The van der Waals surface area contributed by atoms with Crippen molar-refractivity contribution in [1.82, 2.24) is 9.88 Å². The van der Waals surface area contributed by atoms with Gasteiger partial charge in [0.2, 0.25) is 5.91 Å². The van der Waals surface area contributed by atoms with E-state index in [1.165, 1.54) is 0 Å². The molecule has 0 aliphatic rings. The van der Waals surface area contributed by atoms with Gasteiger partial charge in [0, 0.05) is 34.5 Å². The predicted octanol–water partition coefficient (Wildman–Crippen LogP) is 2.97. The number of carbonyl (C=O) groups excluding carboxylic acids is 2. The molecule has 0 aliphatic carbocycles. The molecule has 0 atom stereocenters. The third kappa shape index (κ3) is 3.19. The van der Waals surface area contributed by atoms with Crippen LogP contribution in [0, 0.1) is 0 Å². The van der Waals surface area contributed by atoms with Crippen LogP contribution in [0.4, 0.5) is 0 Å². The quantitative estimate of drug-likeness (QED) is 0.723. The number of rotatable bonds is 4. The number of benzene rings is 2. The Morgan fingerprint density at radius 1 is 1.12 bits per heavy atom. The molecular weight excluding hydrogens is 370 g/mol. The fraction of sp³-hybridized carbons (Fsp3) is 0.111. The van der Waals surface area contributed by atoms with Crippen molar-refractivity contribution in [1.29, 1.82) is 0 Å². The van der Waals surface area contributed by atoms with Gasteiger partial charge in [0.25, 0.3) is 5.91 Å². The Morgan fingerprint density at radius 2 is 1.83 bits per heavy atom. The third-order valence-corrected chi connectivity index (χ3v) is 4.42. The summed E-state index contributed by atoms with van der Waals surface area (Å²) in [6, 6.07) is 14.6. The summed E-state index contributed by atoms with van der Waals surface area (Å²) in [5.74, 6) is -0.615. The van der Waals surface area contributed by atoms with Crippen molar-refractivity contribution in [2.45, 2.75) is 6.54 Å². The highest BCUT2D eigenvalue weighted by atomic mass is 79.9. The minimum absolute atomic E-state index is 0.149. The van der Waals surface area contributed by atoms with E-state index in [9.17, 15) is 9.59 Å². The van der Waals surface area contributed by atoms with Crippen molar-refractivity contribution in [3.05, 3.63) is 69.8 Å². The van der Waals surface area contributed by atoms with E-state index in [1.54, 1.807) is 24.3 Å². The lowest BCUT2D eigenvalue weighted by Gasteiger charge is -2.07. The smallest absolute Gasteiger partial charge is 0.268 e. The van der Waals surface area contributed by atoms with Gasteiger partial charge >= 0.3 is 0 Å². The molecular formula is C18H16BrN3O2. The van der Waals surface area contributed by atoms with E-state index < -0.39 is 5.91 Å². The van der Waals surface area contributed by atoms with E-state index in [1.807, 2.05) is 35.9 Å². The normalized spacial score (nSPS) is 10.8. The highest BCUT2D eigenvalue weighted by molar-refractivity contribution is 9.10. The third-order valence-electron chi connectivity index (χ3n) is 3.93. The molecule has 2 aromatic carbocycles. The molecule has 2 amide bonds. The zero-order valence-corrected chi connectivity index (χ0v) is 14.6. The average Bonchev–Trinajstić information content (AvgIpc) is 2.89. The molecule has 3 N–H and O–H groups in total.